The van der Waals surface area contributed by atoms with Crippen LogP contribution in [0.4, 0.5) is 8.78 Å². The average Bonchev–Trinajstić information content (AvgIpc) is 3.24. The van der Waals surface area contributed by atoms with Crippen LogP contribution in [-0.2, 0) is 5.75 Å². The van der Waals surface area contributed by atoms with Crippen molar-refractivity contribution in [2.45, 2.75) is 17.8 Å². The predicted octanol–water partition coefficient (Wildman–Crippen LogP) is 5.83. The fraction of sp³-hybridized carbons (Fsp3) is 0.167. The number of hydrogen-bond donors (Lipinski definition) is 0. The van der Waals surface area contributed by atoms with Crippen LogP contribution < -0.4 is 9.47 Å². The average molecular weight is 454 g/mol. The lowest BCUT2D eigenvalue weighted by Crippen LogP contribution is -2.01. The molecule has 164 valence electrons. The van der Waals surface area contributed by atoms with E-state index in [0.717, 1.165) is 22.9 Å². The third-order valence-corrected chi connectivity index (χ3v) is 5.90. The van der Waals surface area contributed by atoms with Crippen molar-refractivity contribution in [3.8, 4) is 28.6 Å². The molecule has 0 atom stereocenters. The summed E-state index contributed by atoms with van der Waals surface area (Å²) in [5.74, 6) is 0.303. The van der Waals surface area contributed by atoms with E-state index < -0.39 is 11.6 Å². The number of methoxy groups -OCH3 is 2. The van der Waals surface area contributed by atoms with Gasteiger partial charge in [-0.25, -0.2) is 8.78 Å². The molecule has 0 radical (unpaired) electrons. The molecule has 4 aromatic rings. The highest BCUT2D eigenvalue weighted by molar-refractivity contribution is 7.98. The molecule has 0 aliphatic rings. The molecule has 0 saturated heterocycles. The summed E-state index contributed by atoms with van der Waals surface area (Å²) in [5.41, 5.74) is 2.97. The highest BCUT2D eigenvalue weighted by atomic mass is 32.2. The van der Waals surface area contributed by atoms with Crippen LogP contribution in [-0.4, -0.2) is 29.0 Å². The molecule has 0 spiro atoms. The first-order valence-electron chi connectivity index (χ1n) is 9.81. The van der Waals surface area contributed by atoms with Gasteiger partial charge in [0.15, 0.2) is 22.6 Å². The molecule has 5 nitrogen and oxygen atoms in total. The fourth-order valence-corrected chi connectivity index (χ4v) is 4.14. The van der Waals surface area contributed by atoms with Gasteiger partial charge < -0.3 is 9.47 Å². The van der Waals surface area contributed by atoms with Gasteiger partial charge in [0.2, 0.25) is 0 Å². The van der Waals surface area contributed by atoms with Crippen LogP contribution in [0.25, 0.3) is 17.1 Å². The summed E-state index contributed by atoms with van der Waals surface area (Å²) in [7, 11) is 3.16. The van der Waals surface area contributed by atoms with Crippen molar-refractivity contribution in [2.24, 2.45) is 0 Å². The maximum absolute atomic E-state index is 14.2. The fourth-order valence-electron chi connectivity index (χ4n) is 3.22. The van der Waals surface area contributed by atoms with Gasteiger partial charge in [0.1, 0.15) is 11.5 Å². The third-order valence-electron chi connectivity index (χ3n) is 4.92. The Morgan fingerprint density at radius 2 is 1.59 bits per heavy atom. The Morgan fingerprint density at radius 1 is 0.906 bits per heavy atom. The molecule has 3 aromatic carbocycles. The standard InChI is InChI=1S/C24H21F2N3O2S/c1-15-7-9-18(10-8-15)29-23(17-11-19(30-2)13-20(12-17)31-3)27-28-24(29)32-14-16-5-4-6-21(25)22(16)26/h4-13H,14H2,1-3H3. The van der Waals surface area contributed by atoms with Crippen LogP contribution in [0.15, 0.2) is 65.8 Å². The molecule has 0 N–H and O–H groups in total. The molecule has 0 unspecified atom stereocenters. The Hall–Kier alpha value is -3.39. The van der Waals surface area contributed by atoms with Crippen LogP contribution in [0.5, 0.6) is 11.5 Å². The van der Waals surface area contributed by atoms with Gasteiger partial charge in [0.25, 0.3) is 0 Å². The minimum atomic E-state index is -0.868. The summed E-state index contributed by atoms with van der Waals surface area (Å²) in [6, 6.07) is 17.5. The van der Waals surface area contributed by atoms with E-state index in [1.807, 2.05) is 47.9 Å². The Kier molecular flexibility index (Phi) is 6.41. The van der Waals surface area contributed by atoms with Crippen LogP contribution in [0.2, 0.25) is 0 Å². The van der Waals surface area contributed by atoms with Crippen LogP contribution >= 0.6 is 11.8 Å². The van der Waals surface area contributed by atoms with Crippen molar-refractivity contribution in [3.05, 3.63) is 83.4 Å². The van der Waals surface area contributed by atoms with Crippen molar-refractivity contribution >= 4 is 11.8 Å². The summed E-state index contributed by atoms with van der Waals surface area (Å²) < 4.78 is 40.4. The van der Waals surface area contributed by atoms with E-state index in [0.29, 0.717) is 22.5 Å². The molecular weight excluding hydrogens is 432 g/mol. The van der Waals surface area contributed by atoms with Gasteiger partial charge in [-0.15, -0.1) is 10.2 Å². The Balaban J connectivity index is 1.79. The van der Waals surface area contributed by atoms with E-state index >= 15 is 0 Å². The number of thioether (sulfide) groups is 1. The first-order chi connectivity index (χ1) is 15.5. The second kappa shape index (κ2) is 9.40. The number of nitrogens with zero attached hydrogens (tertiary/aromatic N) is 3. The first-order valence-corrected chi connectivity index (χ1v) is 10.8. The molecule has 1 heterocycles. The highest BCUT2D eigenvalue weighted by Crippen LogP contribution is 2.34. The molecule has 0 amide bonds. The van der Waals surface area contributed by atoms with Gasteiger partial charge in [-0.05, 0) is 37.3 Å². The number of ether oxygens (including phenoxy) is 2. The SMILES string of the molecule is COc1cc(OC)cc(-c2nnc(SCc3cccc(F)c3F)n2-c2ccc(C)cc2)c1. The zero-order valence-electron chi connectivity index (χ0n) is 17.8. The van der Waals surface area contributed by atoms with Gasteiger partial charge in [-0.2, -0.15) is 0 Å². The Morgan fingerprint density at radius 3 is 2.25 bits per heavy atom. The van der Waals surface area contributed by atoms with Crippen molar-refractivity contribution in [3.63, 3.8) is 0 Å². The monoisotopic (exact) mass is 453 g/mol. The Labute approximate surface area is 189 Å². The van der Waals surface area contributed by atoms with Gasteiger partial charge in [-0.1, -0.05) is 41.6 Å². The zero-order chi connectivity index (χ0) is 22.7. The van der Waals surface area contributed by atoms with Crippen molar-refractivity contribution < 1.29 is 18.3 Å². The highest BCUT2D eigenvalue weighted by Gasteiger charge is 2.19. The number of hydrogen-bond acceptors (Lipinski definition) is 5. The second-order valence-corrected chi connectivity index (χ2v) is 8.02. The number of halogens is 2. The number of aromatic nitrogens is 3. The minimum Gasteiger partial charge on any atom is -0.497 e. The summed E-state index contributed by atoms with van der Waals surface area (Å²) in [5, 5.41) is 9.30. The molecule has 0 aliphatic carbocycles. The number of benzene rings is 3. The maximum Gasteiger partial charge on any atom is 0.196 e. The molecule has 4 rings (SSSR count). The third kappa shape index (κ3) is 4.45. The van der Waals surface area contributed by atoms with E-state index in [1.54, 1.807) is 26.4 Å². The molecule has 0 saturated carbocycles. The number of rotatable bonds is 7. The van der Waals surface area contributed by atoms with Gasteiger partial charge >= 0.3 is 0 Å². The Bertz CT molecular complexity index is 1220. The van der Waals surface area contributed by atoms with E-state index in [1.165, 1.54) is 17.8 Å². The molecule has 0 fully saturated rings. The lowest BCUT2D eigenvalue weighted by atomic mass is 10.1. The second-order valence-electron chi connectivity index (χ2n) is 7.08. The predicted molar refractivity (Wildman–Crippen MR) is 121 cm³/mol. The van der Waals surface area contributed by atoms with E-state index in [-0.39, 0.29) is 11.3 Å². The van der Waals surface area contributed by atoms with Crippen LogP contribution in [0.1, 0.15) is 11.1 Å². The van der Waals surface area contributed by atoms with Crippen molar-refractivity contribution in [2.75, 3.05) is 14.2 Å². The molecule has 32 heavy (non-hydrogen) atoms. The minimum absolute atomic E-state index is 0.203. The van der Waals surface area contributed by atoms with Crippen molar-refractivity contribution in [1.82, 2.24) is 14.8 Å². The first kappa shape index (κ1) is 21.8. The van der Waals surface area contributed by atoms with Gasteiger partial charge in [0.05, 0.1) is 14.2 Å². The largest absolute Gasteiger partial charge is 0.497 e. The quantitative estimate of drug-likeness (QED) is 0.330. The lowest BCUT2D eigenvalue weighted by Gasteiger charge is -2.13. The lowest BCUT2D eigenvalue weighted by molar-refractivity contribution is 0.394. The summed E-state index contributed by atoms with van der Waals surface area (Å²) >= 11 is 1.28. The van der Waals surface area contributed by atoms with Crippen LogP contribution in [0.3, 0.4) is 0 Å². The van der Waals surface area contributed by atoms with E-state index in [4.69, 9.17) is 9.47 Å². The number of aryl methyl sites for hydroxylation is 1. The van der Waals surface area contributed by atoms with Crippen molar-refractivity contribution in [1.29, 1.82) is 0 Å². The normalized spacial score (nSPS) is 10.9. The van der Waals surface area contributed by atoms with Gasteiger partial charge in [-0.3, -0.25) is 4.57 Å². The summed E-state index contributed by atoms with van der Waals surface area (Å²) in [6.45, 7) is 2.01. The molecule has 8 heteroatoms. The topological polar surface area (TPSA) is 49.2 Å². The van der Waals surface area contributed by atoms with E-state index in [9.17, 15) is 8.78 Å². The summed E-state index contributed by atoms with van der Waals surface area (Å²) in [4.78, 5) is 0. The summed E-state index contributed by atoms with van der Waals surface area (Å²) in [6.07, 6.45) is 0. The molecule has 0 bridgehead atoms. The zero-order valence-corrected chi connectivity index (χ0v) is 18.6. The van der Waals surface area contributed by atoms with Gasteiger partial charge in [0, 0.05) is 28.6 Å². The van der Waals surface area contributed by atoms with Crippen LogP contribution in [0, 0.1) is 18.6 Å². The smallest absolute Gasteiger partial charge is 0.196 e. The molecule has 0 aliphatic heterocycles. The maximum atomic E-state index is 14.2. The van der Waals surface area contributed by atoms with E-state index in [2.05, 4.69) is 10.2 Å². The molecular formula is C24H21F2N3O2S. The molecule has 1 aromatic heterocycles.